The average Bonchev–Trinajstić information content (AvgIpc) is 2.85. The maximum absolute atomic E-state index is 5.93. The quantitative estimate of drug-likeness (QED) is 0.729. The maximum atomic E-state index is 5.93. The lowest BCUT2D eigenvalue weighted by molar-refractivity contribution is 0.425. The summed E-state index contributed by atoms with van der Waals surface area (Å²) in [7, 11) is 0. The zero-order chi connectivity index (χ0) is 12.0. The Morgan fingerprint density at radius 2 is 1.94 bits per heavy atom. The van der Waals surface area contributed by atoms with Gasteiger partial charge in [-0.15, -0.1) is 0 Å². The Balaban J connectivity index is 2.19. The van der Waals surface area contributed by atoms with Gasteiger partial charge in [0.1, 0.15) is 0 Å². The molecule has 0 radical (unpaired) electrons. The van der Waals surface area contributed by atoms with E-state index in [2.05, 4.69) is 15.1 Å². The van der Waals surface area contributed by atoms with Crippen LogP contribution in [0.5, 0.6) is 0 Å². The third kappa shape index (κ3) is 1.79. The summed E-state index contributed by atoms with van der Waals surface area (Å²) in [5.41, 5.74) is 2.35. The van der Waals surface area contributed by atoms with E-state index < -0.39 is 0 Å². The fourth-order valence-electron chi connectivity index (χ4n) is 1.60. The molecule has 0 bridgehead atoms. The van der Waals surface area contributed by atoms with Crippen LogP contribution in [0.1, 0.15) is 5.69 Å². The van der Waals surface area contributed by atoms with Crippen LogP contribution in [0.15, 0.2) is 22.7 Å². The van der Waals surface area contributed by atoms with Gasteiger partial charge in [0.15, 0.2) is 5.82 Å². The van der Waals surface area contributed by atoms with Gasteiger partial charge in [-0.25, -0.2) is 4.98 Å². The number of aryl methyl sites for hydroxylation is 1. The molecular formula is C11H7Cl2N3O. The van der Waals surface area contributed by atoms with E-state index in [1.165, 1.54) is 0 Å². The van der Waals surface area contributed by atoms with Crippen molar-refractivity contribution in [1.82, 2.24) is 15.1 Å². The Hall–Kier alpha value is -1.52. The van der Waals surface area contributed by atoms with E-state index in [-0.39, 0.29) is 0 Å². The molecule has 1 N–H and O–H groups in total. The maximum Gasteiger partial charge on any atom is 0.202 e. The summed E-state index contributed by atoms with van der Waals surface area (Å²) in [6.07, 6.45) is 0. The minimum Gasteiger partial charge on any atom is -0.353 e. The molecule has 0 aliphatic heterocycles. The van der Waals surface area contributed by atoms with E-state index >= 15 is 0 Å². The molecule has 17 heavy (non-hydrogen) atoms. The van der Waals surface area contributed by atoms with Gasteiger partial charge in [0.25, 0.3) is 0 Å². The Labute approximate surface area is 107 Å². The van der Waals surface area contributed by atoms with E-state index in [9.17, 15) is 0 Å². The zero-order valence-corrected chi connectivity index (χ0v) is 10.3. The highest BCUT2D eigenvalue weighted by Crippen LogP contribution is 2.28. The first-order valence-corrected chi connectivity index (χ1v) is 5.67. The normalized spacial score (nSPS) is 11.2. The van der Waals surface area contributed by atoms with Crippen LogP contribution in [0.2, 0.25) is 10.0 Å². The summed E-state index contributed by atoms with van der Waals surface area (Å²) in [4.78, 5) is 7.47. The molecule has 1 aromatic carbocycles. The number of fused-ring (bicyclic) bond motifs is 1. The molecule has 3 rings (SSSR count). The molecule has 2 heterocycles. The number of hydrogen-bond acceptors (Lipinski definition) is 3. The Kier molecular flexibility index (Phi) is 2.34. The number of hydrogen-bond donors (Lipinski definition) is 1. The van der Waals surface area contributed by atoms with Crippen molar-refractivity contribution in [2.24, 2.45) is 0 Å². The lowest BCUT2D eigenvalue weighted by Crippen LogP contribution is -1.74. The summed E-state index contributed by atoms with van der Waals surface area (Å²) < 4.78 is 5.13. The van der Waals surface area contributed by atoms with Gasteiger partial charge < -0.3 is 9.51 Å². The van der Waals surface area contributed by atoms with Gasteiger partial charge in [-0.2, -0.15) is 0 Å². The van der Waals surface area contributed by atoms with Gasteiger partial charge in [0, 0.05) is 6.07 Å². The van der Waals surface area contributed by atoms with Gasteiger partial charge in [-0.1, -0.05) is 28.4 Å². The van der Waals surface area contributed by atoms with Crippen LogP contribution in [-0.2, 0) is 0 Å². The van der Waals surface area contributed by atoms with Gasteiger partial charge in [-0.05, 0) is 19.1 Å². The Morgan fingerprint density at radius 1 is 1.18 bits per heavy atom. The lowest BCUT2D eigenvalue weighted by Gasteiger charge is -1.93. The summed E-state index contributed by atoms with van der Waals surface area (Å²) in [5.74, 6) is 1.20. The second-order valence-electron chi connectivity index (χ2n) is 3.70. The zero-order valence-electron chi connectivity index (χ0n) is 8.79. The molecule has 0 aliphatic rings. The first-order chi connectivity index (χ1) is 8.13. The number of rotatable bonds is 1. The number of halogens is 2. The number of nitrogens with one attached hydrogen (secondary N) is 1. The fraction of sp³-hybridized carbons (Fsp3) is 0.0909. The molecule has 4 nitrogen and oxygen atoms in total. The predicted octanol–water partition coefficient (Wildman–Crippen LogP) is 3.83. The summed E-state index contributed by atoms with van der Waals surface area (Å²) >= 11 is 11.9. The van der Waals surface area contributed by atoms with Gasteiger partial charge >= 0.3 is 0 Å². The van der Waals surface area contributed by atoms with E-state index in [1.54, 1.807) is 18.2 Å². The molecule has 0 atom stereocenters. The van der Waals surface area contributed by atoms with Crippen LogP contribution in [-0.4, -0.2) is 15.1 Å². The number of H-pyrrole nitrogens is 1. The van der Waals surface area contributed by atoms with E-state index in [1.807, 2.05) is 6.92 Å². The third-order valence-corrected chi connectivity index (χ3v) is 3.11. The van der Waals surface area contributed by atoms with Crippen molar-refractivity contribution in [3.63, 3.8) is 0 Å². The molecule has 0 saturated heterocycles. The molecule has 3 aromatic rings. The van der Waals surface area contributed by atoms with E-state index in [4.69, 9.17) is 27.7 Å². The predicted molar refractivity (Wildman–Crippen MR) is 66.3 cm³/mol. The highest BCUT2D eigenvalue weighted by molar-refractivity contribution is 6.42. The molecule has 0 amide bonds. The van der Waals surface area contributed by atoms with Crippen LogP contribution in [0.4, 0.5) is 0 Å². The monoisotopic (exact) mass is 267 g/mol. The second kappa shape index (κ2) is 3.75. The van der Waals surface area contributed by atoms with Crippen LogP contribution >= 0.6 is 23.2 Å². The topological polar surface area (TPSA) is 54.7 Å². The lowest BCUT2D eigenvalue weighted by atomic mass is 10.3. The minimum atomic E-state index is 0.478. The van der Waals surface area contributed by atoms with Crippen molar-refractivity contribution in [3.05, 3.63) is 33.9 Å². The minimum absolute atomic E-state index is 0.478. The standard InChI is InChI=1S/C11H7Cl2N3O/c1-5-2-10(17-16-5)11-14-8-3-6(12)7(13)4-9(8)15-11/h2-4H,1H3,(H,14,15). The van der Waals surface area contributed by atoms with Crippen LogP contribution in [0, 0.1) is 6.92 Å². The van der Waals surface area contributed by atoms with Crippen molar-refractivity contribution >= 4 is 34.2 Å². The number of imidazole rings is 1. The van der Waals surface area contributed by atoms with Gasteiger partial charge in [-0.3, -0.25) is 0 Å². The van der Waals surface area contributed by atoms with Gasteiger partial charge in [0.05, 0.1) is 26.8 Å². The second-order valence-corrected chi connectivity index (χ2v) is 4.52. The Bertz CT molecular complexity index is 663. The van der Waals surface area contributed by atoms with Crippen LogP contribution < -0.4 is 0 Å². The fourth-order valence-corrected chi connectivity index (χ4v) is 1.92. The van der Waals surface area contributed by atoms with Crippen LogP contribution in [0.3, 0.4) is 0 Å². The molecule has 2 aromatic heterocycles. The number of nitrogens with zero attached hydrogens (tertiary/aromatic N) is 2. The summed E-state index contributed by atoms with van der Waals surface area (Å²) in [6.45, 7) is 1.85. The molecular weight excluding hydrogens is 261 g/mol. The highest BCUT2D eigenvalue weighted by atomic mass is 35.5. The molecule has 86 valence electrons. The van der Waals surface area contributed by atoms with Crippen molar-refractivity contribution in [2.75, 3.05) is 0 Å². The van der Waals surface area contributed by atoms with E-state index in [0.29, 0.717) is 21.6 Å². The molecule has 0 aliphatic carbocycles. The first-order valence-electron chi connectivity index (χ1n) is 4.92. The van der Waals surface area contributed by atoms with Crippen molar-refractivity contribution in [3.8, 4) is 11.6 Å². The van der Waals surface area contributed by atoms with Gasteiger partial charge in [0.2, 0.25) is 5.76 Å². The molecule has 0 spiro atoms. The summed E-state index contributed by atoms with van der Waals surface area (Å²) in [5, 5.41) is 4.78. The van der Waals surface area contributed by atoms with Crippen molar-refractivity contribution in [2.45, 2.75) is 6.92 Å². The van der Waals surface area contributed by atoms with Crippen molar-refractivity contribution in [1.29, 1.82) is 0 Å². The SMILES string of the molecule is Cc1cc(-c2nc3cc(Cl)c(Cl)cc3[nH]2)on1. The molecule has 0 unspecified atom stereocenters. The van der Waals surface area contributed by atoms with E-state index in [0.717, 1.165) is 16.7 Å². The number of aromatic amines is 1. The largest absolute Gasteiger partial charge is 0.353 e. The van der Waals surface area contributed by atoms with Crippen LogP contribution in [0.25, 0.3) is 22.6 Å². The first kappa shape index (κ1) is 10.6. The summed E-state index contributed by atoms with van der Waals surface area (Å²) in [6, 6.07) is 5.25. The number of aromatic nitrogens is 3. The smallest absolute Gasteiger partial charge is 0.202 e. The molecule has 6 heteroatoms. The average molecular weight is 268 g/mol. The molecule has 0 fully saturated rings. The Morgan fingerprint density at radius 3 is 2.65 bits per heavy atom. The third-order valence-electron chi connectivity index (χ3n) is 2.39. The van der Waals surface area contributed by atoms with Crippen molar-refractivity contribution < 1.29 is 4.52 Å². The highest BCUT2D eigenvalue weighted by Gasteiger charge is 2.11. The number of benzene rings is 1. The molecule has 0 saturated carbocycles.